The van der Waals surface area contributed by atoms with Crippen LogP contribution in [0.3, 0.4) is 0 Å². The smallest absolute Gasteiger partial charge is 0.0206 e. The summed E-state index contributed by atoms with van der Waals surface area (Å²) in [4.78, 5) is 0. The van der Waals surface area contributed by atoms with Crippen molar-refractivity contribution in [3.05, 3.63) is 35.9 Å². The molecule has 0 aliphatic heterocycles. The number of benzene rings is 1. The van der Waals surface area contributed by atoms with Crippen LogP contribution in [0.4, 0.5) is 0 Å². The minimum absolute atomic E-state index is 0.975. The summed E-state index contributed by atoms with van der Waals surface area (Å²) in [5, 5.41) is 7.05. The highest BCUT2D eigenvalue weighted by atomic mass is 28.1. The van der Waals surface area contributed by atoms with Crippen LogP contribution in [0.25, 0.3) is 0 Å². The molecule has 1 aromatic rings. The van der Waals surface area contributed by atoms with Crippen LogP contribution in [0, 0.1) is 0 Å². The van der Waals surface area contributed by atoms with E-state index in [9.17, 15) is 0 Å². The molecule has 2 nitrogen and oxygen atoms in total. The van der Waals surface area contributed by atoms with Gasteiger partial charge in [-0.1, -0.05) is 120 Å². The Bertz CT molecular complexity index is 410. The molecule has 0 aliphatic rings. The van der Waals surface area contributed by atoms with Gasteiger partial charge in [0.1, 0.15) is 0 Å². The van der Waals surface area contributed by atoms with Gasteiger partial charge in [-0.3, -0.25) is 0 Å². The standard InChI is InChI=1S/C25H48N2Si/c28-23-17-12-10-8-6-4-2-1-3-5-7-9-11-16-20-26-21-22-27-24-25-18-14-13-15-19-25/h13-15,18-19,26-27H,1-12,16-17,20-24H2,28H3. The SMILES string of the molecule is [SiH3]CCCCCCCCCCCCCCCCNCCNCc1ccccc1. The van der Waals surface area contributed by atoms with Crippen LogP contribution in [0.15, 0.2) is 30.3 Å². The molecule has 0 radical (unpaired) electrons. The summed E-state index contributed by atoms with van der Waals surface area (Å²) >= 11 is 0. The van der Waals surface area contributed by atoms with Crippen LogP contribution in [0.2, 0.25) is 6.04 Å². The molecule has 0 saturated heterocycles. The average Bonchev–Trinajstić information content (AvgIpc) is 2.73. The van der Waals surface area contributed by atoms with E-state index in [0.717, 1.165) is 19.6 Å². The van der Waals surface area contributed by atoms with Crippen molar-refractivity contribution in [3.63, 3.8) is 0 Å². The maximum absolute atomic E-state index is 3.56. The summed E-state index contributed by atoms with van der Waals surface area (Å²) in [6.07, 6.45) is 20.4. The van der Waals surface area contributed by atoms with Crippen molar-refractivity contribution in [1.82, 2.24) is 10.6 Å². The largest absolute Gasteiger partial charge is 0.315 e. The monoisotopic (exact) mass is 404 g/mol. The first-order valence-electron chi connectivity index (χ1n) is 12.4. The molecule has 0 unspecified atom stereocenters. The Morgan fingerprint density at radius 2 is 0.964 bits per heavy atom. The van der Waals surface area contributed by atoms with E-state index >= 15 is 0 Å². The first-order valence-corrected chi connectivity index (χ1v) is 13.8. The van der Waals surface area contributed by atoms with Crippen LogP contribution in [-0.4, -0.2) is 29.9 Å². The molecule has 1 aromatic carbocycles. The van der Waals surface area contributed by atoms with Crippen molar-refractivity contribution in [2.75, 3.05) is 19.6 Å². The molecule has 0 heterocycles. The van der Waals surface area contributed by atoms with E-state index in [4.69, 9.17) is 0 Å². The van der Waals surface area contributed by atoms with Gasteiger partial charge in [0.2, 0.25) is 0 Å². The second-order valence-electron chi connectivity index (χ2n) is 8.36. The fraction of sp³-hybridized carbons (Fsp3) is 0.760. The van der Waals surface area contributed by atoms with Crippen LogP contribution < -0.4 is 10.6 Å². The molecule has 0 aromatic heterocycles. The molecule has 0 aliphatic carbocycles. The van der Waals surface area contributed by atoms with Gasteiger partial charge in [0.15, 0.2) is 0 Å². The molecule has 0 amide bonds. The molecule has 1 rings (SSSR count). The Hall–Kier alpha value is -0.643. The minimum Gasteiger partial charge on any atom is -0.315 e. The van der Waals surface area contributed by atoms with Gasteiger partial charge in [0.25, 0.3) is 0 Å². The normalized spacial score (nSPS) is 11.3. The van der Waals surface area contributed by atoms with Crippen LogP contribution >= 0.6 is 0 Å². The molecule has 2 N–H and O–H groups in total. The maximum atomic E-state index is 3.56. The van der Waals surface area contributed by atoms with Crippen LogP contribution in [0.5, 0.6) is 0 Å². The highest BCUT2D eigenvalue weighted by Gasteiger charge is 1.95. The highest BCUT2D eigenvalue weighted by molar-refractivity contribution is 6.08. The number of hydrogen-bond donors (Lipinski definition) is 2. The lowest BCUT2D eigenvalue weighted by molar-refractivity contribution is 0.527. The number of hydrogen-bond acceptors (Lipinski definition) is 2. The fourth-order valence-corrected chi connectivity index (χ4v) is 4.25. The number of unbranched alkanes of at least 4 members (excludes halogenated alkanes) is 13. The van der Waals surface area contributed by atoms with E-state index in [-0.39, 0.29) is 0 Å². The van der Waals surface area contributed by atoms with Gasteiger partial charge in [0.05, 0.1) is 0 Å². The number of nitrogens with one attached hydrogen (secondary N) is 2. The molecular formula is C25H48N2Si. The van der Waals surface area contributed by atoms with E-state index in [1.807, 2.05) is 0 Å². The predicted molar refractivity (Wildman–Crippen MR) is 130 cm³/mol. The zero-order chi connectivity index (χ0) is 20.0. The van der Waals surface area contributed by atoms with Crippen molar-refractivity contribution in [2.45, 2.75) is 102 Å². The van der Waals surface area contributed by atoms with Crippen molar-refractivity contribution < 1.29 is 0 Å². The van der Waals surface area contributed by atoms with Crippen LogP contribution in [0.1, 0.15) is 95.5 Å². The quantitative estimate of drug-likeness (QED) is 0.205. The van der Waals surface area contributed by atoms with Crippen molar-refractivity contribution in [1.29, 1.82) is 0 Å². The summed E-state index contributed by atoms with van der Waals surface area (Å²) < 4.78 is 0. The van der Waals surface area contributed by atoms with Gasteiger partial charge < -0.3 is 10.6 Å². The first kappa shape index (κ1) is 25.4. The van der Waals surface area contributed by atoms with E-state index in [0.29, 0.717) is 0 Å². The summed E-state index contributed by atoms with van der Waals surface area (Å²) in [6, 6.07) is 12.1. The molecule has 0 spiro atoms. The molecular weight excluding hydrogens is 356 g/mol. The molecule has 28 heavy (non-hydrogen) atoms. The Morgan fingerprint density at radius 1 is 0.500 bits per heavy atom. The number of rotatable bonds is 21. The zero-order valence-corrected chi connectivity index (χ0v) is 20.8. The molecule has 3 heteroatoms. The first-order chi connectivity index (χ1) is 13.9. The zero-order valence-electron chi connectivity index (χ0n) is 18.8. The van der Waals surface area contributed by atoms with Crippen molar-refractivity contribution in [3.8, 4) is 0 Å². The lowest BCUT2D eigenvalue weighted by Gasteiger charge is -2.07. The van der Waals surface area contributed by atoms with Crippen molar-refractivity contribution >= 4 is 10.2 Å². The summed E-state index contributed by atoms with van der Waals surface area (Å²) in [6.45, 7) is 4.28. The summed E-state index contributed by atoms with van der Waals surface area (Å²) in [5.41, 5.74) is 1.37. The van der Waals surface area contributed by atoms with E-state index in [1.165, 1.54) is 118 Å². The Kier molecular flexibility index (Phi) is 19.1. The lowest BCUT2D eigenvalue weighted by atomic mass is 10.0. The fourth-order valence-electron chi connectivity index (χ4n) is 3.75. The third-order valence-corrected chi connectivity index (χ3v) is 6.31. The third kappa shape index (κ3) is 17.5. The molecule has 0 saturated carbocycles. The van der Waals surface area contributed by atoms with E-state index in [1.54, 1.807) is 0 Å². The molecule has 162 valence electrons. The Labute approximate surface area is 179 Å². The molecule has 0 atom stereocenters. The Morgan fingerprint density at radius 3 is 1.50 bits per heavy atom. The topological polar surface area (TPSA) is 24.1 Å². The van der Waals surface area contributed by atoms with Gasteiger partial charge in [0, 0.05) is 29.9 Å². The summed E-state index contributed by atoms with van der Waals surface area (Å²) in [5.74, 6) is 0. The average molecular weight is 405 g/mol. The highest BCUT2D eigenvalue weighted by Crippen LogP contribution is 2.13. The van der Waals surface area contributed by atoms with E-state index in [2.05, 4.69) is 41.0 Å². The molecule has 0 fully saturated rings. The van der Waals surface area contributed by atoms with E-state index < -0.39 is 0 Å². The van der Waals surface area contributed by atoms with Crippen LogP contribution in [-0.2, 0) is 6.54 Å². The maximum Gasteiger partial charge on any atom is 0.0206 e. The van der Waals surface area contributed by atoms with Gasteiger partial charge in [-0.25, -0.2) is 0 Å². The second-order valence-corrected chi connectivity index (χ2v) is 9.36. The Balaban J connectivity index is 1.67. The second kappa shape index (κ2) is 21.1. The van der Waals surface area contributed by atoms with Gasteiger partial charge in [-0.05, 0) is 18.5 Å². The van der Waals surface area contributed by atoms with Gasteiger partial charge in [-0.2, -0.15) is 0 Å². The van der Waals surface area contributed by atoms with Gasteiger partial charge in [-0.15, -0.1) is 0 Å². The van der Waals surface area contributed by atoms with Gasteiger partial charge >= 0.3 is 0 Å². The lowest BCUT2D eigenvalue weighted by Crippen LogP contribution is -2.27. The minimum atomic E-state index is 0.975. The molecule has 0 bridgehead atoms. The predicted octanol–water partition coefficient (Wildman–Crippen LogP) is 5.61. The summed E-state index contributed by atoms with van der Waals surface area (Å²) in [7, 11) is 1.40. The van der Waals surface area contributed by atoms with Crippen molar-refractivity contribution in [2.24, 2.45) is 0 Å². The third-order valence-electron chi connectivity index (χ3n) is 5.61.